The Hall–Kier alpha value is -1.10. The molecule has 5 nitrogen and oxygen atoms in total. The van der Waals surface area contributed by atoms with Crippen molar-refractivity contribution in [2.75, 3.05) is 20.2 Å². The number of hydrogen-bond donors (Lipinski definition) is 1. The van der Waals surface area contributed by atoms with Crippen molar-refractivity contribution in [3.63, 3.8) is 0 Å². The van der Waals surface area contributed by atoms with Gasteiger partial charge in [-0.05, 0) is 25.7 Å². The van der Waals surface area contributed by atoms with Crippen LogP contribution in [0.4, 0.5) is 0 Å². The van der Waals surface area contributed by atoms with Gasteiger partial charge in [0.15, 0.2) is 0 Å². The molecule has 92 valence electrons. The van der Waals surface area contributed by atoms with Crippen molar-refractivity contribution in [2.24, 2.45) is 5.73 Å². The van der Waals surface area contributed by atoms with E-state index >= 15 is 0 Å². The summed E-state index contributed by atoms with van der Waals surface area (Å²) < 4.78 is 4.57. The summed E-state index contributed by atoms with van der Waals surface area (Å²) in [5.74, 6) is -0.518. The molecule has 0 unspecified atom stereocenters. The predicted molar refractivity (Wildman–Crippen MR) is 59.7 cm³/mol. The van der Waals surface area contributed by atoms with Gasteiger partial charge < -0.3 is 15.4 Å². The summed E-state index contributed by atoms with van der Waals surface area (Å²) in [6.07, 6.45) is 3.22. The van der Waals surface area contributed by atoms with Gasteiger partial charge in [-0.25, -0.2) is 0 Å². The van der Waals surface area contributed by atoms with Crippen molar-refractivity contribution < 1.29 is 14.3 Å². The van der Waals surface area contributed by atoms with E-state index < -0.39 is 11.5 Å². The average molecular weight is 228 g/mol. The van der Waals surface area contributed by atoms with Gasteiger partial charge in [-0.1, -0.05) is 6.92 Å². The minimum absolute atomic E-state index is 0.00211. The first-order chi connectivity index (χ1) is 7.53. The Balaban J connectivity index is 2.61. The first-order valence-corrected chi connectivity index (χ1v) is 5.68. The molecule has 0 heterocycles. The van der Waals surface area contributed by atoms with Crippen molar-refractivity contribution in [3.8, 4) is 0 Å². The molecule has 0 aromatic heterocycles. The molecular formula is C11H20N2O3. The van der Waals surface area contributed by atoms with E-state index in [4.69, 9.17) is 5.73 Å². The molecule has 1 saturated carbocycles. The van der Waals surface area contributed by atoms with Crippen LogP contribution in [0, 0.1) is 0 Å². The molecule has 2 N–H and O–H groups in total. The van der Waals surface area contributed by atoms with Gasteiger partial charge in [0.2, 0.25) is 5.91 Å². The van der Waals surface area contributed by atoms with E-state index in [9.17, 15) is 9.59 Å². The number of amides is 1. The normalized spacial score (nSPS) is 17.4. The molecule has 0 aromatic carbocycles. The number of rotatable bonds is 5. The number of nitrogens with zero attached hydrogens (tertiary/aromatic N) is 1. The van der Waals surface area contributed by atoms with Crippen LogP contribution in [0.1, 0.15) is 32.6 Å². The van der Waals surface area contributed by atoms with Crippen molar-refractivity contribution >= 4 is 11.9 Å². The second-order valence-electron chi connectivity index (χ2n) is 4.31. The monoisotopic (exact) mass is 228 g/mol. The van der Waals surface area contributed by atoms with Gasteiger partial charge in [0.25, 0.3) is 0 Å². The quantitative estimate of drug-likeness (QED) is 0.686. The minimum atomic E-state index is -0.733. The molecular weight excluding hydrogens is 208 g/mol. The Kier molecular flexibility index (Phi) is 4.29. The van der Waals surface area contributed by atoms with Crippen LogP contribution in [0.5, 0.6) is 0 Å². The highest BCUT2D eigenvalue weighted by atomic mass is 16.5. The minimum Gasteiger partial charge on any atom is -0.468 e. The molecule has 0 aliphatic heterocycles. The molecule has 0 bridgehead atoms. The Morgan fingerprint density at radius 3 is 2.44 bits per heavy atom. The van der Waals surface area contributed by atoms with Gasteiger partial charge >= 0.3 is 5.97 Å². The lowest BCUT2D eigenvalue weighted by molar-refractivity contribution is -0.150. The highest BCUT2D eigenvalue weighted by Gasteiger charge is 2.42. The van der Waals surface area contributed by atoms with Crippen LogP contribution in [0.25, 0.3) is 0 Å². The Labute approximate surface area is 95.9 Å². The molecule has 1 aliphatic rings. The summed E-state index contributed by atoms with van der Waals surface area (Å²) in [5.41, 5.74) is 5.22. The van der Waals surface area contributed by atoms with Crippen molar-refractivity contribution in [1.82, 2.24) is 4.90 Å². The fourth-order valence-electron chi connectivity index (χ4n) is 1.83. The second-order valence-corrected chi connectivity index (χ2v) is 4.31. The summed E-state index contributed by atoms with van der Waals surface area (Å²) in [6, 6.07) is 0. The highest BCUT2D eigenvalue weighted by molar-refractivity contribution is 5.89. The van der Waals surface area contributed by atoms with Crippen LogP contribution in [-0.2, 0) is 14.3 Å². The van der Waals surface area contributed by atoms with E-state index in [-0.39, 0.29) is 12.5 Å². The van der Waals surface area contributed by atoms with E-state index in [1.54, 1.807) is 0 Å². The fraction of sp³-hybridized carbons (Fsp3) is 0.818. The number of carbonyl (C=O) groups excluding carboxylic acids is 2. The zero-order valence-corrected chi connectivity index (χ0v) is 9.99. The van der Waals surface area contributed by atoms with Crippen LogP contribution >= 0.6 is 0 Å². The zero-order valence-electron chi connectivity index (χ0n) is 9.99. The molecule has 5 heteroatoms. The Morgan fingerprint density at radius 2 is 2.06 bits per heavy atom. The summed E-state index contributed by atoms with van der Waals surface area (Å²) in [5, 5.41) is 0. The van der Waals surface area contributed by atoms with Crippen LogP contribution < -0.4 is 5.73 Å². The number of ether oxygens (including phenoxy) is 1. The van der Waals surface area contributed by atoms with E-state index in [1.165, 1.54) is 12.0 Å². The van der Waals surface area contributed by atoms with Gasteiger partial charge in [0.05, 0.1) is 12.6 Å². The lowest BCUT2D eigenvalue weighted by Gasteiger charge is -2.40. The first kappa shape index (κ1) is 13.0. The van der Waals surface area contributed by atoms with Crippen LogP contribution in [-0.4, -0.2) is 42.5 Å². The third-order valence-electron chi connectivity index (χ3n) is 3.00. The highest BCUT2D eigenvalue weighted by Crippen LogP contribution is 2.30. The molecule has 0 aromatic rings. The first-order valence-electron chi connectivity index (χ1n) is 5.68. The third-order valence-corrected chi connectivity index (χ3v) is 3.00. The topological polar surface area (TPSA) is 72.6 Å². The molecule has 16 heavy (non-hydrogen) atoms. The SMILES string of the molecule is CCCN(CC(=O)OC)C(=O)C1(N)CCC1. The molecule has 1 rings (SSSR count). The smallest absolute Gasteiger partial charge is 0.325 e. The van der Waals surface area contributed by atoms with Crippen LogP contribution in [0.2, 0.25) is 0 Å². The molecule has 0 atom stereocenters. The number of nitrogens with two attached hydrogens (primary N) is 1. The Bertz CT molecular complexity index is 274. The summed E-state index contributed by atoms with van der Waals surface area (Å²) in [4.78, 5) is 24.8. The maximum atomic E-state index is 12.1. The van der Waals surface area contributed by atoms with Crippen molar-refractivity contribution in [3.05, 3.63) is 0 Å². The lowest BCUT2D eigenvalue weighted by atomic mass is 9.76. The van der Waals surface area contributed by atoms with E-state index in [0.29, 0.717) is 19.4 Å². The molecule has 0 radical (unpaired) electrons. The van der Waals surface area contributed by atoms with E-state index in [1.807, 2.05) is 6.92 Å². The number of carbonyl (C=O) groups is 2. The maximum Gasteiger partial charge on any atom is 0.325 e. The van der Waals surface area contributed by atoms with Gasteiger partial charge in [0.1, 0.15) is 6.54 Å². The van der Waals surface area contributed by atoms with Gasteiger partial charge in [-0.3, -0.25) is 9.59 Å². The van der Waals surface area contributed by atoms with Crippen molar-refractivity contribution in [1.29, 1.82) is 0 Å². The van der Waals surface area contributed by atoms with Crippen LogP contribution in [0.3, 0.4) is 0 Å². The third kappa shape index (κ3) is 2.72. The van der Waals surface area contributed by atoms with Gasteiger partial charge in [0, 0.05) is 6.54 Å². The van der Waals surface area contributed by atoms with Gasteiger partial charge in [-0.2, -0.15) is 0 Å². The number of methoxy groups -OCH3 is 1. The maximum absolute atomic E-state index is 12.1. The fourth-order valence-corrected chi connectivity index (χ4v) is 1.83. The average Bonchev–Trinajstić information content (AvgIpc) is 2.24. The summed E-state index contributed by atoms with van der Waals surface area (Å²) in [6.45, 7) is 2.51. The Morgan fingerprint density at radius 1 is 1.44 bits per heavy atom. The predicted octanol–water partition coefficient (Wildman–Crippen LogP) is 0.279. The standard InChI is InChI=1S/C11H20N2O3/c1-3-7-13(8-9(14)16-2)10(15)11(12)5-4-6-11/h3-8,12H2,1-2H3. The molecule has 1 fully saturated rings. The lowest BCUT2D eigenvalue weighted by Crippen LogP contribution is -2.60. The molecule has 0 spiro atoms. The zero-order chi connectivity index (χ0) is 12.2. The largest absolute Gasteiger partial charge is 0.468 e. The molecule has 0 saturated heterocycles. The van der Waals surface area contributed by atoms with E-state index in [2.05, 4.69) is 4.74 Å². The summed E-state index contributed by atoms with van der Waals surface area (Å²) in [7, 11) is 1.32. The molecule has 1 amide bonds. The van der Waals surface area contributed by atoms with Crippen LogP contribution in [0.15, 0.2) is 0 Å². The second kappa shape index (κ2) is 5.30. The van der Waals surface area contributed by atoms with Crippen molar-refractivity contribution in [2.45, 2.75) is 38.1 Å². The van der Waals surface area contributed by atoms with Gasteiger partial charge in [-0.15, -0.1) is 0 Å². The number of esters is 1. The summed E-state index contributed by atoms with van der Waals surface area (Å²) >= 11 is 0. The molecule has 1 aliphatic carbocycles. The van der Waals surface area contributed by atoms with E-state index in [0.717, 1.165) is 12.8 Å². The number of hydrogen-bond acceptors (Lipinski definition) is 4.